The van der Waals surface area contributed by atoms with Crippen LogP contribution in [0, 0.1) is 0 Å². The maximum atomic E-state index is 3.92. The van der Waals surface area contributed by atoms with Crippen molar-refractivity contribution in [1.29, 1.82) is 0 Å². The highest BCUT2D eigenvalue weighted by atomic mass is 15.2. The fraction of sp³-hybridized carbons (Fsp3) is 0.684. The van der Waals surface area contributed by atoms with Gasteiger partial charge in [-0.1, -0.05) is 56.5 Å². The lowest BCUT2D eigenvalue weighted by atomic mass is 9.81. The number of nitrogens with zero attached hydrogens (tertiary/aromatic N) is 1. The summed E-state index contributed by atoms with van der Waals surface area (Å²) in [5, 5.41) is 3.92. The van der Waals surface area contributed by atoms with Gasteiger partial charge in [0.15, 0.2) is 0 Å². The molecule has 2 nitrogen and oxygen atoms in total. The average Bonchev–Trinajstić information content (AvgIpc) is 2.73. The van der Waals surface area contributed by atoms with Gasteiger partial charge >= 0.3 is 0 Å². The van der Waals surface area contributed by atoms with Crippen LogP contribution < -0.4 is 5.32 Å². The Morgan fingerprint density at radius 3 is 2.57 bits per heavy atom. The minimum atomic E-state index is 0.400. The van der Waals surface area contributed by atoms with Crippen molar-refractivity contribution in [2.75, 3.05) is 19.6 Å². The lowest BCUT2D eigenvalue weighted by Gasteiger charge is -2.42. The molecule has 1 saturated carbocycles. The van der Waals surface area contributed by atoms with Crippen LogP contribution in [0.15, 0.2) is 30.3 Å². The van der Waals surface area contributed by atoms with E-state index in [1.54, 1.807) is 0 Å². The summed E-state index contributed by atoms with van der Waals surface area (Å²) in [5.74, 6) is 0. The molecule has 116 valence electrons. The summed E-state index contributed by atoms with van der Waals surface area (Å²) in [4.78, 5) is 2.76. The molecule has 0 amide bonds. The number of rotatable bonds is 3. The molecule has 21 heavy (non-hydrogen) atoms. The average molecular weight is 286 g/mol. The van der Waals surface area contributed by atoms with Crippen LogP contribution in [0.25, 0.3) is 0 Å². The van der Waals surface area contributed by atoms with Crippen LogP contribution in [0.3, 0.4) is 0 Å². The Hall–Kier alpha value is -0.860. The highest BCUT2D eigenvalue weighted by Crippen LogP contribution is 2.34. The van der Waals surface area contributed by atoms with Crippen LogP contribution in [-0.4, -0.2) is 30.1 Å². The maximum absolute atomic E-state index is 3.92. The first kappa shape index (κ1) is 15.1. The van der Waals surface area contributed by atoms with E-state index in [1.165, 1.54) is 70.1 Å². The molecule has 1 spiro atoms. The zero-order valence-corrected chi connectivity index (χ0v) is 13.5. The van der Waals surface area contributed by atoms with Crippen LogP contribution in [0.5, 0.6) is 0 Å². The third kappa shape index (κ3) is 3.49. The Morgan fingerprint density at radius 2 is 1.86 bits per heavy atom. The fourth-order valence-electron chi connectivity index (χ4n) is 4.37. The molecule has 1 unspecified atom stereocenters. The van der Waals surface area contributed by atoms with Crippen molar-refractivity contribution in [1.82, 2.24) is 10.2 Å². The van der Waals surface area contributed by atoms with Gasteiger partial charge in [0.25, 0.3) is 0 Å². The second-order valence-electron chi connectivity index (χ2n) is 6.93. The monoisotopic (exact) mass is 286 g/mol. The van der Waals surface area contributed by atoms with Crippen molar-refractivity contribution in [3.8, 4) is 0 Å². The van der Waals surface area contributed by atoms with Crippen molar-refractivity contribution < 1.29 is 0 Å². The van der Waals surface area contributed by atoms with Crippen molar-refractivity contribution in [3.05, 3.63) is 35.9 Å². The van der Waals surface area contributed by atoms with Gasteiger partial charge in [0.1, 0.15) is 0 Å². The molecule has 0 aromatic heterocycles. The molecule has 0 bridgehead atoms. The first-order valence-electron chi connectivity index (χ1n) is 8.87. The van der Waals surface area contributed by atoms with Crippen LogP contribution in [0.1, 0.15) is 63.5 Å². The van der Waals surface area contributed by atoms with Gasteiger partial charge in [-0.25, -0.2) is 0 Å². The van der Waals surface area contributed by atoms with Crippen molar-refractivity contribution in [3.63, 3.8) is 0 Å². The van der Waals surface area contributed by atoms with Gasteiger partial charge in [0.2, 0.25) is 0 Å². The molecule has 1 saturated heterocycles. The summed E-state index contributed by atoms with van der Waals surface area (Å²) >= 11 is 0. The third-order valence-electron chi connectivity index (χ3n) is 5.45. The molecule has 1 aliphatic carbocycles. The molecule has 1 atom stereocenters. The van der Waals surface area contributed by atoms with Gasteiger partial charge in [-0.2, -0.15) is 0 Å². The summed E-state index contributed by atoms with van der Waals surface area (Å²) in [5.41, 5.74) is 1.89. The standard InChI is InChI=1S/C19H30N2/c1-2-18(17-10-5-3-6-11-17)21-15-9-14-20-19(16-21)12-7-4-8-13-19/h3,5-6,10-11,18,20H,2,4,7-9,12-16H2,1H3. The van der Waals surface area contributed by atoms with Crippen molar-refractivity contribution in [2.24, 2.45) is 0 Å². The number of hydrogen-bond acceptors (Lipinski definition) is 2. The smallest absolute Gasteiger partial charge is 0.0346 e. The van der Waals surface area contributed by atoms with E-state index in [2.05, 4.69) is 47.5 Å². The zero-order valence-electron chi connectivity index (χ0n) is 13.5. The molecular weight excluding hydrogens is 256 g/mol. The van der Waals surface area contributed by atoms with E-state index in [0.29, 0.717) is 11.6 Å². The lowest BCUT2D eigenvalue weighted by Crippen LogP contribution is -2.53. The predicted molar refractivity (Wildman–Crippen MR) is 89.5 cm³/mol. The second-order valence-corrected chi connectivity index (χ2v) is 6.93. The number of benzene rings is 1. The van der Waals surface area contributed by atoms with Crippen molar-refractivity contribution >= 4 is 0 Å². The van der Waals surface area contributed by atoms with E-state index in [4.69, 9.17) is 0 Å². The molecule has 1 aliphatic heterocycles. The summed E-state index contributed by atoms with van der Waals surface area (Å²) < 4.78 is 0. The second kappa shape index (κ2) is 6.93. The topological polar surface area (TPSA) is 15.3 Å². The van der Waals surface area contributed by atoms with E-state index < -0.39 is 0 Å². The van der Waals surface area contributed by atoms with E-state index in [1.807, 2.05) is 0 Å². The fourth-order valence-corrected chi connectivity index (χ4v) is 4.37. The van der Waals surface area contributed by atoms with E-state index in [0.717, 1.165) is 0 Å². The van der Waals surface area contributed by atoms with E-state index in [9.17, 15) is 0 Å². The summed E-state index contributed by atoms with van der Waals surface area (Å²) in [6, 6.07) is 11.7. The van der Waals surface area contributed by atoms with Crippen LogP contribution in [0.2, 0.25) is 0 Å². The molecule has 0 radical (unpaired) electrons. The largest absolute Gasteiger partial charge is 0.310 e. The molecule has 1 aromatic rings. The van der Waals surface area contributed by atoms with E-state index >= 15 is 0 Å². The quantitative estimate of drug-likeness (QED) is 0.898. The van der Waals surface area contributed by atoms with Gasteiger partial charge in [0, 0.05) is 24.7 Å². The highest BCUT2D eigenvalue weighted by molar-refractivity contribution is 5.19. The Morgan fingerprint density at radius 1 is 1.10 bits per heavy atom. The zero-order chi connectivity index (χ0) is 14.5. The van der Waals surface area contributed by atoms with Gasteiger partial charge < -0.3 is 5.32 Å². The summed E-state index contributed by atoms with van der Waals surface area (Å²) in [6.07, 6.45) is 9.47. The highest BCUT2D eigenvalue weighted by Gasteiger charge is 2.36. The Labute approximate surface area is 129 Å². The normalized spacial score (nSPS) is 24.6. The molecule has 2 heteroatoms. The molecule has 3 rings (SSSR count). The summed E-state index contributed by atoms with van der Waals surface area (Å²) in [6.45, 7) is 6.01. The molecule has 1 N–H and O–H groups in total. The first-order chi connectivity index (χ1) is 10.3. The maximum Gasteiger partial charge on any atom is 0.0346 e. The van der Waals surface area contributed by atoms with Gasteiger partial charge in [0.05, 0.1) is 0 Å². The predicted octanol–water partition coefficient (Wildman–Crippen LogP) is 4.14. The molecule has 1 aromatic carbocycles. The van der Waals surface area contributed by atoms with Gasteiger partial charge in [-0.3, -0.25) is 4.90 Å². The van der Waals surface area contributed by atoms with Crippen LogP contribution in [-0.2, 0) is 0 Å². The lowest BCUT2D eigenvalue weighted by molar-refractivity contribution is 0.125. The minimum Gasteiger partial charge on any atom is -0.310 e. The Kier molecular flexibility index (Phi) is 4.97. The Bertz CT molecular complexity index is 422. The molecular formula is C19H30N2. The number of hydrogen-bond donors (Lipinski definition) is 1. The summed E-state index contributed by atoms with van der Waals surface area (Å²) in [7, 11) is 0. The van der Waals surface area contributed by atoms with E-state index in [-0.39, 0.29) is 0 Å². The van der Waals surface area contributed by atoms with Crippen LogP contribution in [0.4, 0.5) is 0 Å². The van der Waals surface area contributed by atoms with Crippen LogP contribution >= 0.6 is 0 Å². The first-order valence-corrected chi connectivity index (χ1v) is 8.87. The molecule has 2 fully saturated rings. The SMILES string of the molecule is CCC(c1ccccc1)N1CCCNC2(CCCCC2)C1. The number of nitrogens with one attached hydrogen (secondary N) is 1. The van der Waals surface area contributed by atoms with Crippen molar-refractivity contribution in [2.45, 2.75) is 63.5 Å². The third-order valence-corrected chi connectivity index (χ3v) is 5.45. The molecule has 1 heterocycles. The van der Waals surface area contributed by atoms with Gasteiger partial charge in [-0.15, -0.1) is 0 Å². The van der Waals surface area contributed by atoms with Gasteiger partial charge in [-0.05, 0) is 37.8 Å². The minimum absolute atomic E-state index is 0.400. The molecule has 2 aliphatic rings. The Balaban J connectivity index is 1.78.